The second-order valence-corrected chi connectivity index (χ2v) is 9.94. The molecule has 1 aliphatic heterocycles. The molecule has 2 atom stereocenters. The smallest absolute Gasteiger partial charge is 0.269 e. The third kappa shape index (κ3) is 4.25. The van der Waals surface area contributed by atoms with Gasteiger partial charge in [-0.1, -0.05) is 36.4 Å². The van der Waals surface area contributed by atoms with Crippen LogP contribution in [0.2, 0.25) is 0 Å². The number of nitro benzene ring substituents is 1. The summed E-state index contributed by atoms with van der Waals surface area (Å²) in [5.74, 6) is 0.653. The molecule has 0 saturated heterocycles. The zero-order valence-corrected chi connectivity index (χ0v) is 16.9. The van der Waals surface area contributed by atoms with E-state index in [1.54, 1.807) is 30.3 Å². The lowest BCUT2D eigenvalue weighted by atomic mass is 10.1. The van der Waals surface area contributed by atoms with E-state index in [0.29, 0.717) is 16.2 Å². The average Bonchev–Trinajstić information content (AvgIpc) is 2.98. The van der Waals surface area contributed by atoms with Crippen molar-refractivity contribution in [3.8, 4) is 5.75 Å². The van der Waals surface area contributed by atoms with Crippen molar-refractivity contribution in [1.82, 2.24) is 0 Å². The average molecular weight is 429 g/mol. The van der Waals surface area contributed by atoms with Gasteiger partial charge in [0.1, 0.15) is 12.4 Å². The fraction of sp³-hybridized carbons (Fsp3) is 0.143. The van der Waals surface area contributed by atoms with Gasteiger partial charge in [-0.2, -0.15) is 0 Å². The van der Waals surface area contributed by atoms with E-state index in [4.69, 9.17) is 4.74 Å². The second-order valence-electron chi connectivity index (χ2n) is 6.61. The summed E-state index contributed by atoms with van der Waals surface area (Å²) in [7, 11) is -3.14. The van der Waals surface area contributed by atoms with E-state index >= 15 is 0 Å². The van der Waals surface area contributed by atoms with Crippen LogP contribution >= 0.6 is 22.4 Å². The summed E-state index contributed by atoms with van der Waals surface area (Å²) in [6.07, 6.45) is 0. The number of rotatable bonds is 6. The number of thioether (sulfide) groups is 1. The Kier molecular flexibility index (Phi) is 5.51. The predicted molar refractivity (Wildman–Crippen MR) is 113 cm³/mol. The normalized spacial score (nSPS) is 22.5. The molecule has 0 aliphatic carbocycles. The summed E-state index contributed by atoms with van der Waals surface area (Å²) in [5, 5.41) is 10.8. The molecule has 6 nitrogen and oxygen atoms in total. The van der Waals surface area contributed by atoms with E-state index in [9.17, 15) is 19.2 Å². The van der Waals surface area contributed by atoms with Crippen LogP contribution in [0, 0.1) is 10.1 Å². The summed E-state index contributed by atoms with van der Waals surface area (Å²) in [5.41, 5.74) is 1.38. The van der Waals surface area contributed by atoms with Gasteiger partial charge in [0.2, 0.25) is 0 Å². The maximum atomic E-state index is 12.8. The van der Waals surface area contributed by atoms with Crippen LogP contribution in [0.5, 0.6) is 5.75 Å². The van der Waals surface area contributed by atoms with Gasteiger partial charge in [-0.3, -0.25) is 10.1 Å². The summed E-state index contributed by atoms with van der Waals surface area (Å²) in [6.45, 7) is 0.132. The van der Waals surface area contributed by atoms with E-state index in [-0.39, 0.29) is 23.3 Å². The molecule has 0 saturated carbocycles. The zero-order valence-electron chi connectivity index (χ0n) is 15.3. The van der Waals surface area contributed by atoms with Crippen LogP contribution in [-0.4, -0.2) is 19.8 Å². The Bertz CT molecular complexity index is 1040. The molecular weight excluding hydrogens is 410 g/mol. The lowest BCUT2D eigenvalue weighted by Gasteiger charge is -2.42. The van der Waals surface area contributed by atoms with E-state index < -0.39 is 15.5 Å². The summed E-state index contributed by atoms with van der Waals surface area (Å²) in [6, 6.07) is 21.1. The fourth-order valence-electron chi connectivity index (χ4n) is 3.30. The highest BCUT2D eigenvalue weighted by atomic mass is 32.3. The van der Waals surface area contributed by atoms with Crippen molar-refractivity contribution in [2.75, 3.05) is 5.75 Å². The first-order valence-electron chi connectivity index (χ1n) is 8.89. The van der Waals surface area contributed by atoms with Crippen molar-refractivity contribution < 1.29 is 18.8 Å². The van der Waals surface area contributed by atoms with Crippen LogP contribution in [0.1, 0.15) is 16.4 Å². The Morgan fingerprint density at radius 2 is 1.86 bits per heavy atom. The van der Waals surface area contributed by atoms with Gasteiger partial charge >= 0.3 is 0 Å². The molecule has 1 aliphatic rings. The number of ether oxygens (including phenoxy) is 1. The molecule has 3 aromatic rings. The molecule has 0 aromatic heterocycles. The number of hydrogen-bond donors (Lipinski definition) is 1. The molecule has 0 fully saturated rings. The number of fused-ring (bicyclic) bond motifs is 1. The Hall–Kier alpha value is -2.52. The monoisotopic (exact) mass is 428 g/mol. The highest BCUT2D eigenvalue weighted by Gasteiger charge is 2.33. The van der Waals surface area contributed by atoms with Crippen LogP contribution in [0.25, 0.3) is 0 Å². The summed E-state index contributed by atoms with van der Waals surface area (Å²) < 4.78 is 29.2. The van der Waals surface area contributed by atoms with Crippen LogP contribution in [0.4, 0.5) is 5.69 Å². The largest absolute Gasteiger partial charge is 0.764 e. The van der Waals surface area contributed by atoms with Gasteiger partial charge in [0.05, 0.1) is 10.2 Å². The van der Waals surface area contributed by atoms with E-state index in [1.807, 2.05) is 30.3 Å². The number of non-ortho nitro benzene ring substituents is 1. The van der Waals surface area contributed by atoms with Gasteiger partial charge < -0.3 is 24.4 Å². The molecule has 1 heterocycles. The van der Waals surface area contributed by atoms with Crippen molar-refractivity contribution in [1.29, 1.82) is 0 Å². The van der Waals surface area contributed by atoms with Gasteiger partial charge in [0, 0.05) is 33.2 Å². The first-order valence-corrected chi connectivity index (χ1v) is 11.5. The molecule has 0 bridgehead atoms. The standard InChI is InChI=1S/C21H19NO5S2/c23-22(24)16-7-4-6-15(12-16)13-27-18-10-5-11-20-21(18)19(14-29(20,25)26)28-17-8-2-1-3-9-17/h1-12,19,25-26H,13-14H2/p-1. The van der Waals surface area contributed by atoms with Gasteiger partial charge in [-0.25, -0.2) is 0 Å². The van der Waals surface area contributed by atoms with E-state index in [2.05, 4.69) is 0 Å². The van der Waals surface area contributed by atoms with Crippen molar-refractivity contribution in [2.24, 2.45) is 0 Å². The summed E-state index contributed by atoms with van der Waals surface area (Å²) >= 11 is 1.53. The zero-order chi connectivity index (χ0) is 20.4. The van der Waals surface area contributed by atoms with Gasteiger partial charge in [-0.05, 0) is 29.8 Å². The van der Waals surface area contributed by atoms with Crippen LogP contribution < -0.4 is 4.74 Å². The fourth-order valence-corrected chi connectivity index (χ4v) is 6.84. The first-order chi connectivity index (χ1) is 13.9. The Balaban J connectivity index is 1.61. The maximum absolute atomic E-state index is 12.8. The Morgan fingerprint density at radius 3 is 2.62 bits per heavy atom. The number of hydrogen-bond acceptors (Lipinski definition) is 6. The minimum Gasteiger partial charge on any atom is -0.764 e. The van der Waals surface area contributed by atoms with Crippen molar-refractivity contribution in [3.63, 3.8) is 0 Å². The maximum Gasteiger partial charge on any atom is 0.269 e. The lowest BCUT2D eigenvalue weighted by Crippen LogP contribution is -2.01. The molecule has 4 rings (SSSR count). The number of nitrogens with zero attached hydrogens (tertiary/aromatic N) is 1. The molecule has 150 valence electrons. The van der Waals surface area contributed by atoms with Crippen LogP contribution in [-0.2, 0) is 6.61 Å². The van der Waals surface area contributed by atoms with E-state index in [0.717, 1.165) is 10.5 Å². The van der Waals surface area contributed by atoms with Crippen molar-refractivity contribution in [2.45, 2.75) is 21.6 Å². The third-order valence-corrected chi connectivity index (χ3v) is 7.88. The highest BCUT2D eigenvalue weighted by Crippen LogP contribution is 2.64. The van der Waals surface area contributed by atoms with Gasteiger partial charge in [0.25, 0.3) is 5.69 Å². The number of benzene rings is 3. The molecule has 0 amide bonds. The third-order valence-electron chi connectivity index (χ3n) is 4.61. The van der Waals surface area contributed by atoms with Crippen molar-refractivity contribution in [3.05, 3.63) is 94.0 Å². The van der Waals surface area contributed by atoms with E-state index in [1.165, 1.54) is 23.9 Å². The molecule has 8 heteroatoms. The lowest BCUT2D eigenvalue weighted by molar-refractivity contribution is -0.384. The summed E-state index contributed by atoms with van der Waals surface area (Å²) in [4.78, 5) is 11.9. The second kappa shape index (κ2) is 8.08. The minimum absolute atomic E-state index is 0.000257. The first kappa shape index (κ1) is 19.8. The quantitative estimate of drug-likeness (QED) is 0.394. The molecule has 0 radical (unpaired) electrons. The minimum atomic E-state index is -3.14. The molecule has 2 unspecified atom stereocenters. The molecule has 1 N–H and O–H groups in total. The molecular formula is C21H18NO5S2-. The van der Waals surface area contributed by atoms with Crippen LogP contribution in [0.3, 0.4) is 0 Å². The predicted octanol–water partition coefficient (Wildman–Crippen LogP) is 5.79. The Morgan fingerprint density at radius 1 is 1.10 bits per heavy atom. The molecule has 29 heavy (non-hydrogen) atoms. The van der Waals surface area contributed by atoms with Gasteiger partial charge in [0.15, 0.2) is 0 Å². The molecule has 0 spiro atoms. The van der Waals surface area contributed by atoms with Crippen LogP contribution in [0.15, 0.2) is 82.6 Å². The number of nitro groups is 1. The Labute approximate surface area is 174 Å². The topological polar surface area (TPSA) is 95.7 Å². The van der Waals surface area contributed by atoms with Crippen molar-refractivity contribution >= 4 is 28.0 Å². The highest BCUT2D eigenvalue weighted by molar-refractivity contribution is 8.25. The van der Waals surface area contributed by atoms with Gasteiger partial charge in [-0.15, -0.1) is 11.8 Å². The SMILES string of the molecule is O=[N+]([O-])c1cccc(COc2cccc3c2C(Sc2ccccc2)CS3([O-])O)c1. The molecule has 3 aromatic carbocycles.